The molecule has 2 N–H and O–H groups in total. The Kier molecular flexibility index (Phi) is 7.92. The molecule has 0 aliphatic carbocycles. The Labute approximate surface area is 166 Å². The van der Waals surface area contributed by atoms with Crippen molar-refractivity contribution < 1.29 is 9.59 Å². The molecule has 0 saturated heterocycles. The molecule has 0 spiro atoms. The Hall–Kier alpha value is -2.27. The van der Waals surface area contributed by atoms with Crippen LogP contribution in [0.1, 0.15) is 44.2 Å². The highest BCUT2D eigenvalue weighted by Gasteiger charge is 2.07. The van der Waals surface area contributed by atoms with E-state index in [1.54, 1.807) is 11.8 Å². The van der Waals surface area contributed by atoms with Gasteiger partial charge in [-0.3, -0.25) is 9.59 Å². The van der Waals surface area contributed by atoms with Crippen molar-refractivity contribution in [1.29, 1.82) is 0 Å². The number of hydrogen-bond acceptors (Lipinski definition) is 3. The molecule has 0 atom stereocenters. The van der Waals surface area contributed by atoms with Gasteiger partial charge in [-0.25, -0.2) is 0 Å². The molecule has 0 aliphatic rings. The maximum Gasteiger partial charge on any atom is 0.224 e. The Balaban J connectivity index is 1.81. The zero-order valence-corrected chi connectivity index (χ0v) is 17.3. The third-order valence-corrected chi connectivity index (χ3v) is 5.14. The predicted molar refractivity (Wildman–Crippen MR) is 112 cm³/mol. The van der Waals surface area contributed by atoms with Crippen LogP contribution in [0.4, 0.5) is 5.69 Å². The molecule has 5 heteroatoms. The van der Waals surface area contributed by atoms with Crippen LogP contribution in [0.25, 0.3) is 0 Å². The number of hydrogen-bond donors (Lipinski definition) is 2. The lowest BCUT2D eigenvalue weighted by molar-refractivity contribution is -0.121. The summed E-state index contributed by atoms with van der Waals surface area (Å²) in [6.07, 6.45) is 1.26. The minimum Gasteiger partial charge on any atom is -0.354 e. The summed E-state index contributed by atoms with van der Waals surface area (Å²) in [5.74, 6) is -0.0762. The molecule has 2 aromatic rings. The van der Waals surface area contributed by atoms with Crippen LogP contribution in [-0.4, -0.2) is 17.9 Å². The standard InChI is InChI=1S/C22H28N2O2S/c1-15(2)23-21(25)6-5-7-22(26)24-18-9-11-19(12-10-18)27-20-13-8-16(3)14-17(20)4/h8-15H,5-7H2,1-4H3,(H,23,25)(H,24,26). The summed E-state index contributed by atoms with van der Waals surface area (Å²) in [5.41, 5.74) is 3.30. The van der Waals surface area contributed by atoms with Crippen LogP contribution in [0.2, 0.25) is 0 Å². The first-order valence-electron chi connectivity index (χ1n) is 9.28. The zero-order chi connectivity index (χ0) is 19.8. The average molecular weight is 385 g/mol. The molecule has 0 fully saturated rings. The minimum atomic E-state index is -0.0675. The first-order chi connectivity index (χ1) is 12.8. The molecule has 2 amide bonds. The van der Waals surface area contributed by atoms with Crippen LogP contribution < -0.4 is 10.6 Å². The largest absolute Gasteiger partial charge is 0.354 e. The van der Waals surface area contributed by atoms with Gasteiger partial charge in [0.1, 0.15) is 0 Å². The van der Waals surface area contributed by atoms with Gasteiger partial charge in [-0.05, 0) is 70.0 Å². The number of rotatable bonds is 8. The zero-order valence-electron chi connectivity index (χ0n) is 16.5. The van der Waals surface area contributed by atoms with Crippen LogP contribution in [0.15, 0.2) is 52.3 Å². The van der Waals surface area contributed by atoms with Crippen LogP contribution in [0.3, 0.4) is 0 Å². The van der Waals surface area contributed by atoms with Gasteiger partial charge in [0.15, 0.2) is 0 Å². The van der Waals surface area contributed by atoms with E-state index in [0.29, 0.717) is 19.3 Å². The fraction of sp³-hybridized carbons (Fsp3) is 0.364. The highest BCUT2D eigenvalue weighted by Crippen LogP contribution is 2.31. The first-order valence-corrected chi connectivity index (χ1v) is 10.1. The Morgan fingerprint density at radius 1 is 0.963 bits per heavy atom. The maximum atomic E-state index is 12.0. The van der Waals surface area contributed by atoms with Crippen molar-refractivity contribution in [2.24, 2.45) is 0 Å². The Bertz CT molecular complexity index is 785. The molecule has 0 radical (unpaired) electrons. The van der Waals surface area contributed by atoms with Crippen LogP contribution in [-0.2, 0) is 9.59 Å². The van der Waals surface area contributed by atoms with Crippen molar-refractivity contribution in [2.75, 3.05) is 5.32 Å². The molecular formula is C22H28N2O2S. The number of aryl methyl sites for hydroxylation is 2. The van der Waals surface area contributed by atoms with Crippen molar-refractivity contribution >= 4 is 29.3 Å². The molecule has 2 rings (SSSR count). The summed E-state index contributed by atoms with van der Waals surface area (Å²) in [4.78, 5) is 26.0. The fourth-order valence-corrected chi connectivity index (χ4v) is 3.56. The molecule has 2 aromatic carbocycles. The van der Waals surface area contributed by atoms with Gasteiger partial charge >= 0.3 is 0 Å². The number of nitrogens with one attached hydrogen (secondary N) is 2. The second-order valence-corrected chi connectivity index (χ2v) is 8.13. The molecule has 144 valence electrons. The SMILES string of the molecule is Cc1ccc(Sc2ccc(NC(=O)CCCC(=O)NC(C)C)cc2)c(C)c1. The lowest BCUT2D eigenvalue weighted by atomic mass is 10.2. The van der Waals surface area contributed by atoms with E-state index < -0.39 is 0 Å². The van der Waals surface area contributed by atoms with Crippen molar-refractivity contribution in [1.82, 2.24) is 5.32 Å². The van der Waals surface area contributed by atoms with Gasteiger partial charge in [0.25, 0.3) is 0 Å². The molecule has 4 nitrogen and oxygen atoms in total. The van der Waals surface area contributed by atoms with Gasteiger partial charge in [-0.15, -0.1) is 0 Å². The third-order valence-electron chi connectivity index (χ3n) is 3.95. The van der Waals surface area contributed by atoms with Gasteiger partial charge in [-0.1, -0.05) is 29.5 Å². The van der Waals surface area contributed by atoms with Crippen molar-refractivity contribution in [3.8, 4) is 0 Å². The van der Waals surface area contributed by atoms with E-state index in [2.05, 4.69) is 42.7 Å². The van der Waals surface area contributed by atoms with Crippen molar-refractivity contribution in [3.63, 3.8) is 0 Å². The van der Waals surface area contributed by atoms with Gasteiger partial charge in [-0.2, -0.15) is 0 Å². The molecular weight excluding hydrogens is 356 g/mol. The average Bonchev–Trinajstić information content (AvgIpc) is 2.58. The third kappa shape index (κ3) is 7.47. The summed E-state index contributed by atoms with van der Waals surface area (Å²) in [6, 6.07) is 14.4. The topological polar surface area (TPSA) is 58.2 Å². The normalized spacial score (nSPS) is 10.7. The summed E-state index contributed by atoms with van der Waals surface area (Å²) < 4.78 is 0. The van der Waals surface area contributed by atoms with Crippen LogP contribution >= 0.6 is 11.8 Å². The van der Waals surface area contributed by atoms with Crippen molar-refractivity contribution in [2.45, 2.75) is 62.8 Å². The fourth-order valence-electron chi connectivity index (χ4n) is 2.67. The summed E-state index contributed by atoms with van der Waals surface area (Å²) in [7, 11) is 0. The van der Waals surface area contributed by atoms with Gasteiger partial charge in [0.05, 0.1) is 0 Å². The van der Waals surface area contributed by atoms with E-state index in [-0.39, 0.29) is 17.9 Å². The number of carbonyl (C=O) groups excluding carboxylic acids is 2. The molecule has 0 unspecified atom stereocenters. The number of amides is 2. The number of carbonyl (C=O) groups is 2. The molecule has 27 heavy (non-hydrogen) atoms. The monoisotopic (exact) mass is 384 g/mol. The quantitative estimate of drug-likeness (QED) is 0.667. The van der Waals surface area contributed by atoms with E-state index in [0.717, 1.165) is 10.6 Å². The summed E-state index contributed by atoms with van der Waals surface area (Å²) in [6.45, 7) is 8.06. The predicted octanol–water partition coefficient (Wildman–Crippen LogP) is 5.09. The highest BCUT2D eigenvalue weighted by atomic mass is 32.2. The van der Waals surface area contributed by atoms with E-state index in [4.69, 9.17) is 0 Å². The smallest absolute Gasteiger partial charge is 0.224 e. The van der Waals surface area contributed by atoms with Gasteiger partial charge in [0, 0.05) is 34.4 Å². The van der Waals surface area contributed by atoms with E-state index in [1.807, 2.05) is 38.1 Å². The number of benzene rings is 2. The van der Waals surface area contributed by atoms with Crippen LogP contribution in [0.5, 0.6) is 0 Å². The molecule has 0 heterocycles. The minimum absolute atomic E-state index is 0.00873. The van der Waals surface area contributed by atoms with Gasteiger partial charge < -0.3 is 10.6 Å². The molecule has 0 aliphatic heterocycles. The lowest BCUT2D eigenvalue weighted by Crippen LogP contribution is -2.29. The lowest BCUT2D eigenvalue weighted by Gasteiger charge is -2.09. The molecule has 0 aromatic heterocycles. The molecule has 0 bridgehead atoms. The Morgan fingerprint density at radius 3 is 2.26 bits per heavy atom. The first kappa shape index (κ1) is 21.0. The van der Waals surface area contributed by atoms with E-state index in [9.17, 15) is 9.59 Å². The van der Waals surface area contributed by atoms with E-state index >= 15 is 0 Å². The second kappa shape index (κ2) is 10.2. The number of anilines is 1. The summed E-state index contributed by atoms with van der Waals surface area (Å²) in [5, 5.41) is 5.71. The Morgan fingerprint density at radius 2 is 1.63 bits per heavy atom. The molecule has 0 saturated carbocycles. The summed E-state index contributed by atoms with van der Waals surface area (Å²) >= 11 is 1.72. The maximum absolute atomic E-state index is 12.0. The second-order valence-electron chi connectivity index (χ2n) is 7.02. The van der Waals surface area contributed by atoms with Crippen LogP contribution in [0, 0.1) is 13.8 Å². The van der Waals surface area contributed by atoms with E-state index in [1.165, 1.54) is 16.0 Å². The highest BCUT2D eigenvalue weighted by molar-refractivity contribution is 7.99. The van der Waals surface area contributed by atoms with Crippen molar-refractivity contribution in [3.05, 3.63) is 53.6 Å². The van der Waals surface area contributed by atoms with Gasteiger partial charge in [0.2, 0.25) is 11.8 Å².